The van der Waals surface area contributed by atoms with E-state index in [-0.39, 0.29) is 0 Å². The molecule has 1 saturated heterocycles. The SMILES string of the molecule is CC1CCCc2nc(CC3CCCNC3)cn21. The summed E-state index contributed by atoms with van der Waals surface area (Å²) in [6, 6.07) is 0.657. The Kier molecular flexibility index (Phi) is 3.19. The monoisotopic (exact) mass is 233 g/mol. The maximum Gasteiger partial charge on any atom is 0.109 e. The van der Waals surface area contributed by atoms with Gasteiger partial charge < -0.3 is 9.88 Å². The van der Waals surface area contributed by atoms with Crippen molar-refractivity contribution in [3.8, 4) is 0 Å². The Balaban J connectivity index is 1.71. The third-order valence-corrected chi connectivity index (χ3v) is 4.25. The van der Waals surface area contributed by atoms with E-state index in [1.165, 1.54) is 63.1 Å². The predicted molar refractivity (Wildman–Crippen MR) is 69.2 cm³/mol. The first-order valence-electron chi connectivity index (χ1n) is 7.10. The molecule has 0 radical (unpaired) electrons. The highest BCUT2D eigenvalue weighted by Crippen LogP contribution is 2.25. The van der Waals surface area contributed by atoms with Crippen molar-refractivity contribution in [3.63, 3.8) is 0 Å². The summed E-state index contributed by atoms with van der Waals surface area (Å²) in [5.41, 5.74) is 1.32. The number of aryl methyl sites for hydroxylation is 1. The molecule has 0 aliphatic carbocycles. The standard InChI is InChI=1S/C14H23N3/c1-11-4-2-6-14-16-13(10-17(11)14)8-12-5-3-7-15-9-12/h10-12,15H,2-9H2,1H3. The Hall–Kier alpha value is -0.830. The van der Waals surface area contributed by atoms with E-state index in [1.807, 2.05) is 0 Å². The molecule has 94 valence electrons. The molecule has 2 aliphatic rings. The molecular weight excluding hydrogens is 210 g/mol. The van der Waals surface area contributed by atoms with Gasteiger partial charge in [0.05, 0.1) is 5.69 Å². The lowest BCUT2D eigenvalue weighted by atomic mass is 9.95. The summed E-state index contributed by atoms with van der Waals surface area (Å²) in [4.78, 5) is 4.83. The first-order valence-corrected chi connectivity index (χ1v) is 7.10. The van der Waals surface area contributed by atoms with Crippen LogP contribution in [-0.2, 0) is 12.8 Å². The average Bonchev–Trinajstić information content (AvgIpc) is 2.74. The molecule has 17 heavy (non-hydrogen) atoms. The molecule has 2 aliphatic heterocycles. The van der Waals surface area contributed by atoms with Gasteiger partial charge in [-0.15, -0.1) is 0 Å². The van der Waals surface area contributed by atoms with Gasteiger partial charge in [-0.3, -0.25) is 0 Å². The normalized spacial score (nSPS) is 29.0. The molecule has 0 aromatic carbocycles. The molecule has 3 nitrogen and oxygen atoms in total. The van der Waals surface area contributed by atoms with Crippen LogP contribution in [0.2, 0.25) is 0 Å². The number of aromatic nitrogens is 2. The van der Waals surface area contributed by atoms with Crippen LogP contribution in [0.5, 0.6) is 0 Å². The second-order valence-electron chi connectivity index (χ2n) is 5.71. The van der Waals surface area contributed by atoms with Gasteiger partial charge in [0.15, 0.2) is 0 Å². The molecule has 2 atom stereocenters. The maximum absolute atomic E-state index is 4.83. The molecule has 1 aromatic rings. The van der Waals surface area contributed by atoms with Gasteiger partial charge in [0.25, 0.3) is 0 Å². The lowest BCUT2D eigenvalue weighted by molar-refractivity contribution is 0.373. The Labute approximate surface area is 104 Å². The molecule has 3 heteroatoms. The maximum atomic E-state index is 4.83. The summed E-state index contributed by atoms with van der Waals surface area (Å²) in [6.45, 7) is 4.70. The molecule has 3 heterocycles. The van der Waals surface area contributed by atoms with E-state index >= 15 is 0 Å². The zero-order valence-electron chi connectivity index (χ0n) is 10.8. The quantitative estimate of drug-likeness (QED) is 0.849. The van der Waals surface area contributed by atoms with Crippen LogP contribution in [0, 0.1) is 5.92 Å². The molecule has 1 fully saturated rings. The van der Waals surface area contributed by atoms with Gasteiger partial charge in [-0.05, 0) is 58.0 Å². The summed E-state index contributed by atoms with van der Waals surface area (Å²) in [5.74, 6) is 2.12. The van der Waals surface area contributed by atoms with E-state index in [9.17, 15) is 0 Å². The Morgan fingerprint density at radius 3 is 3.12 bits per heavy atom. The fraction of sp³-hybridized carbons (Fsp3) is 0.786. The van der Waals surface area contributed by atoms with Crippen molar-refractivity contribution in [2.75, 3.05) is 13.1 Å². The number of nitrogens with zero attached hydrogens (tertiary/aromatic N) is 2. The minimum Gasteiger partial charge on any atom is -0.332 e. The average molecular weight is 233 g/mol. The second kappa shape index (κ2) is 4.81. The molecule has 0 amide bonds. The van der Waals surface area contributed by atoms with Crippen molar-refractivity contribution in [1.29, 1.82) is 0 Å². The number of imidazole rings is 1. The Morgan fingerprint density at radius 2 is 2.35 bits per heavy atom. The van der Waals surface area contributed by atoms with Gasteiger partial charge in [-0.25, -0.2) is 4.98 Å². The van der Waals surface area contributed by atoms with E-state index < -0.39 is 0 Å². The van der Waals surface area contributed by atoms with Crippen molar-refractivity contribution in [3.05, 3.63) is 17.7 Å². The number of piperidine rings is 1. The van der Waals surface area contributed by atoms with Gasteiger partial charge in [0.2, 0.25) is 0 Å². The lowest BCUT2D eigenvalue weighted by Crippen LogP contribution is -2.30. The van der Waals surface area contributed by atoms with Gasteiger partial charge in [-0.2, -0.15) is 0 Å². The van der Waals surface area contributed by atoms with E-state index in [0.29, 0.717) is 6.04 Å². The molecule has 3 rings (SSSR count). The minimum absolute atomic E-state index is 0.657. The number of hydrogen-bond acceptors (Lipinski definition) is 2. The number of fused-ring (bicyclic) bond motifs is 1. The van der Waals surface area contributed by atoms with Gasteiger partial charge in [-0.1, -0.05) is 0 Å². The largest absolute Gasteiger partial charge is 0.332 e. The van der Waals surface area contributed by atoms with Crippen LogP contribution in [0.1, 0.15) is 50.2 Å². The zero-order chi connectivity index (χ0) is 11.7. The highest BCUT2D eigenvalue weighted by Gasteiger charge is 2.20. The third kappa shape index (κ3) is 2.39. The van der Waals surface area contributed by atoms with Crippen LogP contribution < -0.4 is 5.32 Å². The van der Waals surface area contributed by atoms with E-state index in [4.69, 9.17) is 4.98 Å². The third-order valence-electron chi connectivity index (χ3n) is 4.25. The molecule has 1 N–H and O–H groups in total. The predicted octanol–water partition coefficient (Wildman–Crippen LogP) is 2.32. The molecule has 0 spiro atoms. The van der Waals surface area contributed by atoms with Crippen LogP contribution in [-0.4, -0.2) is 22.6 Å². The van der Waals surface area contributed by atoms with Crippen LogP contribution >= 0.6 is 0 Å². The zero-order valence-corrected chi connectivity index (χ0v) is 10.8. The van der Waals surface area contributed by atoms with E-state index in [0.717, 1.165) is 5.92 Å². The number of nitrogens with one attached hydrogen (secondary N) is 1. The summed E-state index contributed by atoms with van der Waals surface area (Å²) in [6.07, 6.45) is 9.97. The molecular formula is C14H23N3. The Morgan fingerprint density at radius 1 is 1.41 bits per heavy atom. The minimum atomic E-state index is 0.657. The van der Waals surface area contributed by atoms with Crippen LogP contribution in [0.25, 0.3) is 0 Å². The number of rotatable bonds is 2. The van der Waals surface area contributed by atoms with Crippen LogP contribution in [0.15, 0.2) is 6.20 Å². The van der Waals surface area contributed by atoms with Crippen molar-refractivity contribution in [2.24, 2.45) is 5.92 Å². The first-order chi connectivity index (χ1) is 8.33. The smallest absolute Gasteiger partial charge is 0.109 e. The van der Waals surface area contributed by atoms with Crippen molar-refractivity contribution in [1.82, 2.24) is 14.9 Å². The highest BCUT2D eigenvalue weighted by molar-refractivity contribution is 5.09. The summed E-state index contributed by atoms with van der Waals surface area (Å²) < 4.78 is 2.41. The van der Waals surface area contributed by atoms with Crippen LogP contribution in [0.3, 0.4) is 0 Å². The topological polar surface area (TPSA) is 29.9 Å². The fourth-order valence-electron chi connectivity index (χ4n) is 3.24. The van der Waals surface area contributed by atoms with Crippen molar-refractivity contribution >= 4 is 0 Å². The van der Waals surface area contributed by atoms with Gasteiger partial charge >= 0.3 is 0 Å². The highest BCUT2D eigenvalue weighted by atomic mass is 15.1. The second-order valence-corrected chi connectivity index (χ2v) is 5.71. The van der Waals surface area contributed by atoms with Crippen molar-refractivity contribution < 1.29 is 0 Å². The first kappa shape index (κ1) is 11.3. The summed E-state index contributed by atoms with van der Waals surface area (Å²) in [7, 11) is 0. The van der Waals surface area contributed by atoms with Crippen LogP contribution in [0.4, 0.5) is 0 Å². The van der Waals surface area contributed by atoms with Gasteiger partial charge in [0.1, 0.15) is 5.82 Å². The fourth-order valence-corrected chi connectivity index (χ4v) is 3.24. The summed E-state index contributed by atoms with van der Waals surface area (Å²) >= 11 is 0. The number of hydrogen-bond donors (Lipinski definition) is 1. The van der Waals surface area contributed by atoms with E-state index in [1.54, 1.807) is 0 Å². The van der Waals surface area contributed by atoms with Crippen molar-refractivity contribution in [2.45, 2.75) is 51.5 Å². The molecule has 0 bridgehead atoms. The molecule has 1 aromatic heterocycles. The lowest BCUT2D eigenvalue weighted by Gasteiger charge is -2.21. The Bertz CT molecular complexity index is 377. The summed E-state index contributed by atoms with van der Waals surface area (Å²) in [5, 5.41) is 3.49. The molecule has 0 saturated carbocycles. The molecule has 2 unspecified atom stereocenters. The van der Waals surface area contributed by atoms with E-state index in [2.05, 4.69) is 23.0 Å². The van der Waals surface area contributed by atoms with Gasteiger partial charge in [0, 0.05) is 18.7 Å².